The van der Waals surface area contributed by atoms with E-state index >= 15 is 0 Å². The van der Waals surface area contributed by atoms with E-state index in [0.717, 1.165) is 18.6 Å². The van der Waals surface area contributed by atoms with E-state index in [4.69, 9.17) is 4.74 Å². The predicted molar refractivity (Wildman–Crippen MR) is 75.4 cm³/mol. The number of rotatable bonds is 6. The first-order valence-electron chi connectivity index (χ1n) is 7.18. The third-order valence-electron chi connectivity index (χ3n) is 3.67. The molecule has 2 heteroatoms. The largest absolute Gasteiger partial charge is 0.501 e. The summed E-state index contributed by atoms with van der Waals surface area (Å²) in [5.74, 6) is 1.70. The molecule has 1 aliphatic rings. The average Bonchev–Trinajstić information content (AvgIpc) is 2.75. The van der Waals surface area contributed by atoms with Crippen molar-refractivity contribution in [1.29, 1.82) is 0 Å². The Morgan fingerprint density at radius 3 is 2.39 bits per heavy atom. The molecular formula is C16H28O2. The van der Waals surface area contributed by atoms with Gasteiger partial charge in [0.1, 0.15) is 0 Å². The zero-order valence-corrected chi connectivity index (χ0v) is 12.4. The second kappa shape index (κ2) is 6.96. The Balaban J connectivity index is 2.41. The Bertz CT molecular complexity index is 291. The number of carbonyl (C=O) groups is 1. The van der Waals surface area contributed by atoms with Crippen LogP contribution in [0.15, 0.2) is 11.8 Å². The lowest BCUT2D eigenvalue weighted by Gasteiger charge is -2.18. The van der Waals surface area contributed by atoms with Crippen molar-refractivity contribution in [2.24, 2.45) is 11.3 Å². The van der Waals surface area contributed by atoms with E-state index in [2.05, 4.69) is 20.8 Å². The van der Waals surface area contributed by atoms with Crippen molar-refractivity contribution in [1.82, 2.24) is 0 Å². The molecule has 0 radical (unpaired) electrons. The molecule has 0 saturated heterocycles. The summed E-state index contributed by atoms with van der Waals surface area (Å²) in [5, 5.41) is 0. The summed E-state index contributed by atoms with van der Waals surface area (Å²) in [6, 6.07) is 0. The Hall–Kier alpha value is -0.790. The quantitative estimate of drug-likeness (QED) is 0.514. The lowest BCUT2D eigenvalue weighted by Crippen LogP contribution is -2.07. The summed E-state index contributed by atoms with van der Waals surface area (Å²) in [7, 11) is 1.66. The van der Waals surface area contributed by atoms with Gasteiger partial charge < -0.3 is 4.74 Å². The van der Waals surface area contributed by atoms with Crippen LogP contribution in [0, 0.1) is 11.3 Å². The lowest BCUT2D eigenvalue weighted by molar-refractivity contribution is -0.115. The molecule has 0 N–H and O–H groups in total. The Kier molecular flexibility index (Phi) is 5.90. The minimum absolute atomic E-state index is 0.243. The van der Waals surface area contributed by atoms with E-state index in [-0.39, 0.29) is 11.2 Å². The lowest BCUT2D eigenvalue weighted by atomic mass is 9.90. The molecule has 2 nitrogen and oxygen atoms in total. The van der Waals surface area contributed by atoms with Crippen LogP contribution in [-0.4, -0.2) is 12.9 Å². The van der Waals surface area contributed by atoms with E-state index in [0.29, 0.717) is 12.3 Å². The molecule has 1 saturated carbocycles. The van der Waals surface area contributed by atoms with E-state index in [1.807, 2.05) is 0 Å². The molecule has 0 bridgehead atoms. The van der Waals surface area contributed by atoms with Crippen molar-refractivity contribution >= 4 is 5.78 Å². The third kappa shape index (κ3) is 6.23. The number of allylic oxidation sites excluding steroid dienone is 2. The fourth-order valence-corrected chi connectivity index (χ4v) is 2.47. The van der Waals surface area contributed by atoms with Crippen molar-refractivity contribution in [2.45, 2.75) is 65.7 Å². The first-order chi connectivity index (χ1) is 8.40. The first-order valence-corrected chi connectivity index (χ1v) is 7.18. The first kappa shape index (κ1) is 15.3. The second-order valence-corrected chi connectivity index (χ2v) is 6.70. The monoisotopic (exact) mass is 252 g/mol. The number of hydrogen-bond donors (Lipinski definition) is 0. The van der Waals surface area contributed by atoms with Crippen LogP contribution >= 0.6 is 0 Å². The third-order valence-corrected chi connectivity index (χ3v) is 3.67. The standard InChI is InChI=1S/C16H28O2/c1-16(2,3)10-9-15(18-4)12-14(17)11-13-7-5-6-8-13/h12-13H,5-11H2,1-4H3/b15-12-. The molecule has 0 heterocycles. The number of hydrogen-bond acceptors (Lipinski definition) is 2. The van der Waals surface area contributed by atoms with Crippen LogP contribution in [0.4, 0.5) is 0 Å². The van der Waals surface area contributed by atoms with Crippen LogP contribution in [0.2, 0.25) is 0 Å². The van der Waals surface area contributed by atoms with Gasteiger partial charge >= 0.3 is 0 Å². The maximum absolute atomic E-state index is 11.9. The van der Waals surface area contributed by atoms with Gasteiger partial charge in [0, 0.05) is 18.9 Å². The summed E-state index contributed by atoms with van der Waals surface area (Å²) in [4.78, 5) is 11.9. The van der Waals surface area contributed by atoms with Gasteiger partial charge in [-0.1, -0.05) is 46.5 Å². The summed E-state index contributed by atoms with van der Waals surface area (Å²) < 4.78 is 5.32. The van der Waals surface area contributed by atoms with Crippen LogP contribution in [0.3, 0.4) is 0 Å². The van der Waals surface area contributed by atoms with Crippen molar-refractivity contribution < 1.29 is 9.53 Å². The zero-order chi connectivity index (χ0) is 13.6. The minimum Gasteiger partial charge on any atom is -0.501 e. The van der Waals surface area contributed by atoms with Gasteiger partial charge in [0.05, 0.1) is 12.9 Å². The molecule has 0 aromatic carbocycles. The molecule has 0 aromatic rings. The number of ether oxygens (including phenoxy) is 1. The molecule has 18 heavy (non-hydrogen) atoms. The van der Waals surface area contributed by atoms with E-state index < -0.39 is 0 Å². The maximum Gasteiger partial charge on any atom is 0.159 e. The topological polar surface area (TPSA) is 26.3 Å². The van der Waals surface area contributed by atoms with Crippen LogP contribution < -0.4 is 0 Å². The SMILES string of the molecule is CO/C(=C\C(=O)CC1CCCC1)CCC(C)(C)C. The van der Waals surface area contributed by atoms with Crippen molar-refractivity contribution in [2.75, 3.05) is 7.11 Å². The van der Waals surface area contributed by atoms with Crippen LogP contribution in [0.25, 0.3) is 0 Å². The van der Waals surface area contributed by atoms with Crippen LogP contribution in [-0.2, 0) is 9.53 Å². The van der Waals surface area contributed by atoms with Crippen molar-refractivity contribution in [3.63, 3.8) is 0 Å². The molecule has 1 fully saturated rings. The maximum atomic E-state index is 11.9. The second-order valence-electron chi connectivity index (χ2n) is 6.70. The predicted octanol–water partition coefficient (Wildman–Crippen LogP) is 4.49. The molecule has 104 valence electrons. The van der Waals surface area contributed by atoms with Crippen molar-refractivity contribution in [3.8, 4) is 0 Å². The summed E-state index contributed by atoms with van der Waals surface area (Å²) >= 11 is 0. The van der Waals surface area contributed by atoms with Crippen LogP contribution in [0.5, 0.6) is 0 Å². The molecule has 0 aromatic heterocycles. The number of ketones is 1. The molecule has 0 spiro atoms. The molecular weight excluding hydrogens is 224 g/mol. The fourth-order valence-electron chi connectivity index (χ4n) is 2.47. The highest BCUT2D eigenvalue weighted by molar-refractivity contribution is 5.90. The summed E-state index contributed by atoms with van der Waals surface area (Å²) in [6.07, 6.45) is 9.38. The molecule has 1 aliphatic carbocycles. The Labute approximate surface area is 112 Å². The smallest absolute Gasteiger partial charge is 0.159 e. The number of carbonyl (C=O) groups excluding carboxylic acids is 1. The van der Waals surface area contributed by atoms with Gasteiger partial charge in [-0.3, -0.25) is 4.79 Å². The Morgan fingerprint density at radius 2 is 1.89 bits per heavy atom. The minimum atomic E-state index is 0.243. The van der Waals surface area contributed by atoms with Gasteiger partial charge in [0.2, 0.25) is 0 Å². The number of methoxy groups -OCH3 is 1. The summed E-state index contributed by atoms with van der Waals surface area (Å²) in [5.41, 5.74) is 0.284. The van der Waals surface area contributed by atoms with Crippen molar-refractivity contribution in [3.05, 3.63) is 11.8 Å². The average molecular weight is 252 g/mol. The molecule has 0 amide bonds. The van der Waals surface area contributed by atoms with Gasteiger partial charge in [-0.2, -0.15) is 0 Å². The molecule has 1 rings (SSSR count). The molecule has 0 aliphatic heterocycles. The van der Waals surface area contributed by atoms with Gasteiger partial charge in [0.25, 0.3) is 0 Å². The normalized spacial score (nSPS) is 18.1. The fraction of sp³-hybridized carbons (Fsp3) is 0.812. The van der Waals surface area contributed by atoms with E-state index in [9.17, 15) is 4.79 Å². The summed E-state index contributed by atoms with van der Waals surface area (Å²) in [6.45, 7) is 6.63. The van der Waals surface area contributed by atoms with Gasteiger partial charge in [0.15, 0.2) is 5.78 Å². The van der Waals surface area contributed by atoms with Gasteiger partial charge in [-0.05, 0) is 17.8 Å². The van der Waals surface area contributed by atoms with Gasteiger partial charge in [-0.15, -0.1) is 0 Å². The molecule has 0 atom stereocenters. The Morgan fingerprint density at radius 1 is 1.28 bits per heavy atom. The highest BCUT2D eigenvalue weighted by atomic mass is 16.5. The molecule has 0 unspecified atom stereocenters. The highest BCUT2D eigenvalue weighted by Gasteiger charge is 2.18. The van der Waals surface area contributed by atoms with Crippen LogP contribution in [0.1, 0.15) is 65.7 Å². The zero-order valence-electron chi connectivity index (χ0n) is 12.4. The van der Waals surface area contributed by atoms with Gasteiger partial charge in [-0.25, -0.2) is 0 Å². The highest BCUT2D eigenvalue weighted by Crippen LogP contribution is 2.28. The van der Waals surface area contributed by atoms with E-state index in [1.165, 1.54) is 25.7 Å². The van der Waals surface area contributed by atoms with E-state index in [1.54, 1.807) is 13.2 Å².